The highest BCUT2D eigenvalue weighted by molar-refractivity contribution is 5.89. The van der Waals surface area contributed by atoms with Crippen molar-refractivity contribution in [2.45, 2.75) is 0 Å². The normalized spacial score (nSPS) is 14.9. The summed E-state index contributed by atoms with van der Waals surface area (Å²) >= 11 is 0. The van der Waals surface area contributed by atoms with Crippen LogP contribution in [-0.2, 0) is 4.74 Å². The second-order valence-electron chi connectivity index (χ2n) is 3.54. The Balaban J connectivity index is 0.00000144. The van der Waals surface area contributed by atoms with Gasteiger partial charge in [0.2, 0.25) is 0 Å². The third-order valence-corrected chi connectivity index (χ3v) is 2.36. The predicted octanol–water partition coefficient (Wildman–Crippen LogP) is 0.645. The highest BCUT2D eigenvalue weighted by atomic mass is 35.5. The van der Waals surface area contributed by atoms with Crippen molar-refractivity contribution >= 4 is 29.9 Å². The fraction of sp³-hybridized carbons (Fsp3) is 0.400. The van der Waals surface area contributed by atoms with Crippen LogP contribution < -0.4 is 16.0 Å². The first-order valence-electron chi connectivity index (χ1n) is 5.15. The summed E-state index contributed by atoms with van der Waals surface area (Å²) in [6, 6.07) is 3.77. The standard InChI is InChI=1S/C10H15N5O.ClH/c11-10(12)14-8-1-2-9(13-7-8)15-3-5-16-6-4-15;/h1-2,7H,3-6H2,(H4,11,12,14);1H. The summed E-state index contributed by atoms with van der Waals surface area (Å²) in [5, 5.41) is 9.78. The van der Waals surface area contributed by atoms with Gasteiger partial charge in [-0.3, -0.25) is 5.41 Å². The Morgan fingerprint density at radius 1 is 1.41 bits per heavy atom. The lowest BCUT2D eigenvalue weighted by atomic mass is 10.3. The molecule has 6 nitrogen and oxygen atoms in total. The van der Waals surface area contributed by atoms with Crippen LogP contribution in [0.4, 0.5) is 11.5 Å². The summed E-state index contributed by atoms with van der Waals surface area (Å²) in [5.41, 5.74) is 5.95. The van der Waals surface area contributed by atoms with Crippen molar-refractivity contribution in [1.29, 1.82) is 5.41 Å². The lowest BCUT2D eigenvalue weighted by Crippen LogP contribution is -2.36. The van der Waals surface area contributed by atoms with Crippen LogP contribution in [0, 0.1) is 5.41 Å². The number of anilines is 2. The number of nitrogens with two attached hydrogens (primary N) is 1. The van der Waals surface area contributed by atoms with E-state index >= 15 is 0 Å². The van der Waals surface area contributed by atoms with E-state index in [2.05, 4.69) is 15.2 Å². The van der Waals surface area contributed by atoms with Crippen LogP contribution in [0.1, 0.15) is 0 Å². The largest absolute Gasteiger partial charge is 0.378 e. The monoisotopic (exact) mass is 257 g/mol. The van der Waals surface area contributed by atoms with Gasteiger partial charge in [0.15, 0.2) is 5.96 Å². The number of nitrogens with zero attached hydrogens (tertiary/aromatic N) is 2. The number of aromatic nitrogens is 1. The molecular formula is C10H16ClN5O. The molecule has 7 heteroatoms. The van der Waals surface area contributed by atoms with Gasteiger partial charge in [0, 0.05) is 13.1 Å². The molecule has 0 spiro atoms. The van der Waals surface area contributed by atoms with Crippen LogP contribution >= 0.6 is 12.4 Å². The van der Waals surface area contributed by atoms with Crippen LogP contribution in [0.5, 0.6) is 0 Å². The fourth-order valence-electron chi connectivity index (χ4n) is 1.60. The lowest BCUT2D eigenvalue weighted by Gasteiger charge is -2.27. The SMILES string of the molecule is Cl.N=C(N)Nc1ccc(N2CCOCC2)nc1. The van der Waals surface area contributed by atoms with Gasteiger partial charge < -0.3 is 20.7 Å². The van der Waals surface area contributed by atoms with Gasteiger partial charge in [-0.25, -0.2) is 4.98 Å². The van der Waals surface area contributed by atoms with Gasteiger partial charge in [0.25, 0.3) is 0 Å². The third kappa shape index (κ3) is 3.76. The number of hydrogen-bond acceptors (Lipinski definition) is 4. The number of morpholine rings is 1. The van der Waals surface area contributed by atoms with Gasteiger partial charge in [0.1, 0.15) is 5.82 Å². The van der Waals surface area contributed by atoms with Crippen molar-refractivity contribution in [2.24, 2.45) is 5.73 Å². The van der Waals surface area contributed by atoms with Crippen molar-refractivity contribution in [1.82, 2.24) is 4.98 Å². The predicted molar refractivity (Wildman–Crippen MR) is 70.1 cm³/mol. The van der Waals surface area contributed by atoms with Crippen molar-refractivity contribution in [3.63, 3.8) is 0 Å². The zero-order valence-electron chi connectivity index (χ0n) is 9.35. The van der Waals surface area contributed by atoms with Crippen molar-refractivity contribution < 1.29 is 4.74 Å². The maximum atomic E-state index is 7.09. The number of hydrogen-bond donors (Lipinski definition) is 3. The summed E-state index contributed by atoms with van der Waals surface area (Å²) in [6.45, 7) is 3.23. The minimum atomic E-state index is -0.0825. The molecular weight excluding hydrogens is 242 g/mol. The quantitative estimate of drug-likeness (QED) is 0.535. The molecule has 0 saturated carbocycles. The van der Waals surface area contributed by atoms with Crippen LogP contribution in [-0.4, -0.2) is 37.2 Å². The Hall–Kier alpha value is -1.53. The van der Waals surface area contributed by atoms with Crippen LogP contribution in [0.15, 0.2) is 18.3 Å². The molecule has 1 aliphatic heterocycles. The topological polar surface area (TPSA) is 87.3 Å². The number of pyridine rings is 1. The van der Waals surface area contributed by atoms with Gasteiger partial charge >= 0.3 is 0 Å². The summed E-state index contributed by atoms with van der Waals surface area (Å²) in [6.07, 6.45) is 1.67. The molecule has 94 valence electrons. The van der Waals surface area contributed by atoms with E-state index < -0.39 is 0 Å². The van der Waals surface area contributed by atoms with E-state index in [1.54, 1.807) is 6.20 Å². The summed E-state index contributed by atoms with van der Waals surface area (Å²) in [7, 11) is 0. The molecule has 1 aromatic rings. The van der Waals surface area contributed by atoms with E-state index in [4.69, 9.17) is 15.9 Å². The second-order valence-corrected chi connectivity index (χ2v) is 3.54. The molecule has 2 rings (SSSR count). The molecule has 0 atom stereocenters. The Kier molecular flexibility index (Phi) is 4.99. The van der Waals surface area contributed by atoms with Gasteiger partial charge in [-0.05, 0) is 12.1 Å². The number of guanidine groups is 1. The molecule has 0 radical (unpaired) electrons. The van der Waals surface area contributed by atoms with E-state index in [1.807, 2.05) is 12.1 Å². The molecule has 1 aromatic heterocycles. The Bertz CT molecular complexity index is 363. The smallest absolute Gasteiger partial charge is 0.190 e. The van der Waals surface area contributed by atoms with Crippen molar-refractivity contribution in [3.8, 4) is 0 Å². The molecule has 1 aliphatic rings. The number of rotatable bonds is 2. The molecule has 0 bridgehead atoms. The summed E-state index contributed by atoms with van der Waals surface area (Å²) in [5.74, 6) is 0.846. The van der Waals surface area contributed by atoms with Gasteiger partial charge in [-0.15, -0.1) is 12.4 Å². The van der Waals surface area contributed by atoms with E-state index in [0.717, 1.165) is 37.8 Å². The molecule has 0 aromatic carbocycles. The molecule has 4 N–H and O–H groups in total. The minimum Gasteiger partial charge on any atom is -0.378 e. The van der Waals surface area contributed by atoms with E-state index in [1.165, 1.54) is 0 Å². The summed E-state index contributed by atoms with van der Waals surface area (Å²) < 4.78 is 5.27. The minimum absolute atomic E-state index is 0. The van der Waals surface area contributed by atoms with Crippen molar-refractivity contribution in [3.05, 3.63) is 18.3 Å². The Labute approximate surface area is 106 Å². The number of ether oxygens (including phenoxy) is 1. The molecule has 0 aliphatic carbocycles. The van der Waals surface area contributed by atoms with Gasteiger partial charge in [0.05, 0.1) is 25.1 Å². The van der Waals surface area contributed by atoms with Gasteiger partial charge in [-0.1, -0.05) is 0 Å². The van der Waals surface area contributed by atoms with Gasteiger partial charge in [-0.2, -0.15) is 0 Å². The van der Waals surface area contributed by atoms with Crippen LogP contribution in [0.25, 0.3) is 0 Å². The Morgan fingerprint density at radius 3 is 2.65 bits per heavy atom. The molecule has 17 heavy (non-hydrogen) atoms. The number of nitrogens with one attached hydrogen (secondary N) is 2. The van der Waals surface area contributed by atoms with Crippen LogP contribution in [0.2, 0.25) is 0 Å². The van der Waals surface area contributed by atoms with E-state index in [-0.39, 0.29) is 18.4 Å². The lowest BCUT2D eigenvalue weighted by molar-refractivity contribution is 0.122. The highest BCUT2D eigenvalue weighted by Crippen LogP contribution is 2.14. The third-order valence-electron chi connectivity index (χ3n) is 2.36. The van der Waals surface area contributed by atoms with Crippen LogP contribution in [0.3, 0.4) is 0 Å². The molecule has 2 heterocycles. The Morgan fingerprint density at radius 2 is 2.12 bits per heavy atom. The molecule has 1 fully saturated rings. The maximum absolute atomic E-state index is 7.09. The first-order valence-corrected chi connectivity index (χ1v) is 5.15. The summed E-state index contributed by atoms with van der Waals surface area (Å²) in [4.78, 5) is 6.48. The first-order chi connectivity index (χ1) is 7.75. The zero-order valence-corrected chi connectivity index (χ0v) is 10.2. The first kappa shape index (κ1) is 13.5. The molecule has 1 saturated heterocycles. The highest BCUT2D eigenvalue weighted by Gasteiger charge is 2.11. The second kappa shape index (κ2) is 6.27. The number of halogens is 1. The average molecular weight is 258 g/mol. The molecule has 0 unspecified atom stereocenters. The maximum Gasteiger partial charge on any atom is 0.190 e. The van der Waals surface area contributed by atoms with E-state index in [9.17, 15) is 0 Å². The zero-order chi connectivity index (χ0) is 11.4. The molecule has 0 amide bonds. The van der Waals surface area contributed by atoms with Crippen molar-refractivity contribution in [2.75, 3.05) is 36.5 Å². The fourth-order valence-corrected chi connectivity index (χ4v) is 1.60. The average Bonchev–Trinajstić information content (AvgIpc) is 2.30. The van der Waals surface area contributed by atoms with E-state index in [0.29, 0.717) is 0 Å².